The molecule has 4 aromatic rings. The molecule has 1 aromatic carbocycles. The molecule has 0 unspecified atom stereocenters. The van der Waals surface area contributed by atoms with Crippen molar-refractivity contribution in [1.82, 2.24) is 19.9 Å². The van der Waals surface area contributed by atoms with Gasteiger partial charge in [0.25, 0.3) is 0 Å². The lowest BCUT2D eigenvalue weighted by Gasteiger charge is -2.06. The molecule has 0 fully saturated rings. The highest BCUT2D eigenvalue weighted by molar-refractivity contribution is 7.22. The van der Waals surface area contributed by atoms with Crippen molar-refractivity contribution < 1.29 is 9.50 Å². The van der Waals surface area contributed by atoms with Crippen molar-refractivity contribution >= 4 is 62.1 Å². The third-order valence-corrected chi connectivity index (χ3v) is 5.46. The van der Waals surface area contributed by atoms with Crippen LogP contribution in [0.5, 0.6) is 0 Å². The summed E-state index contributed by atoms with van der Waals surface area (Å²) >= 11 is 13.7. The number of thiazole rings is 1. The second-order valence-corrected chi connectivity index (χ2v) is 7.50. The second-order valence-electron chi connectivity index (χ2n) is 5.69. The number of pyridine rings is 1. The zero-order valence-electron chi connectivity index (χ0n) is 13.9. The molecule has 29 heavy (non-hydrogen) atoms. The van der Waals surface area contributed by atoms with Gasteiger partial charge in [0.1, 0.15) is 27.4 Å². The molecule has 4 N–H and O–H groups in total. The Morgan fingerprint density at radius 1 is 1.14 bits per heavy atom. The van der Waals surface area contributed by atoms with E-state index in [-0.39, 0.29) is 19.6 Å². The van der Waals surface area contributed by atoms with Gasteiger partial charge < -0.3 is 16.2 Å². The molecule has 0 atom stereocenters. The average Bonchev–Trinajstić information content (AvgIpc) is 3.09. The lowest BCUT2D eigenvalue weighted by molar-refractivity contribution is 0.276. The maximum atomic E-state index is 14.3. The number of halogens is 3. The summed E-state index contributed by atoms with van der Waals surface area (Å²) in [6.07, 6.45) is 2.37. The molecule has 0 aliphatic heterocycles. The largest absolute Gasteiger partial charge is 0.399 e. The highest BCUT2D eigenvalue weighted by atomic mass is 35.5. The van der Waals surface area contributed by atoms with Gasteiger partial charge in [-0.1, -0.05) is 30.6 Å². The SMILES string of the molecule is C.Nc1cc(Cl)c(-c2nc3c(F)cnc(Nc4cc(CO)ncn4)c3s2)c(Cl)c1. The summed E-state index contributed by atoms with van der Waals surface area (Å²) < 4.78 is 14.8. The molecule has 0 saturated heterocycles. The third kappa shape index (κ3) is 4.08. The van der Waals surface area contributed by atoms with E-state index in [0.717, 1.165) is 6.20 Å². The zero-order chi connectivity index (χ0) is 19.8. The van der Waals surface area contributed by atoms with E-state index in [9.17, 15) is 9.50 Å². The number of aliphatic hydroxyl groups is 1. The Balaban J connectivity index is 0.00000240. The van der Waals surface area contributed by atoms with E-state index in [4.69, 9.17) is 28.9 Å². The maximum Gasteiger partial charge on any atom is 0.168 e. The van der Waals surface area contributed by atoms with Crippen LogP contribution in [-0.2, 0) is 6.61 Å². The summed E-state index contributed by atoms with van der Waals surface area (Å²) in [5.41, 5.74) is 7.18. The molecular weight excluding hydrogens is 438 g/mol. The van der Waals surface area contributed by atoms with Crippen molar-refractivity contribution in [2.75, 3.05) is 11.1 Å². The number of anilines is 3. The second kappa shape index (κ2) is 8.42. The van der Waals surface area contributed by atoms with Gasteiger partial charge in [-0.15, -0.1) is 11.3 Å². The molecule has 3 aromatic heterocycles. The number of hydrogen-bond acceptors (Lipinski definition) is 8. The Labute approximate surface area is 179 Å². The molecule has 11 heteroatoms. The van der Waals surface area contributed by atoms with Crippen LogP contribution in [0.2, 0.25) is 10.0 Å². The normalized spacial score (nSPS) is 10.8. The number of benzene rings is 1. The highest BCUT2D eigenvalue weighted by Gasteiger charge is 2.19. The monoisotopic (exact) mass is 452 g/mol. The molecule has 0 bridgehead atoms. The van der Waals surface area contributed by atoms with E-state index < -0.39 is 5.82 Å². The van der Waals surface area contributed by atoms with Gasteiger partial charge in [-0.2, -0.15) is 0 Å². The molecule has 0 spiro atoms. The van der Waals surface area contributed by atoms with E-state index in [1.807, 2.05) is 0 Å². The third-order valence-electron chi connectivity index (χ3n) is 3.79. The van der Waals surface area contributed by atoms with Gasteiger partial charge in [0, 0.05) is 17.3 Å². The fourth-order valence-corrected chi connectivity index (χ4v) is 4.44. The van der Waals surface area contributed by atoms with Crippen LogP contribution in [0.3, 0.4) is 0 Å². The predicted octanol–water partition coefficient (Wildman–Crippen LogP) is 5.05. The Morgan fingerprint density at radius 2 is 1.86 bits per heavy atom. The van der Waals surface area contributed by atoms with Crippen LogP contribution in [-0.4, -0.2) is 25.0 Å². The van der Waals surface area contributed by atoms with Crippen LogP contribution >= 0.6 is 34.5 Å². The summed E-state index contributed by atoms with van der Waals surface area (Å²) in [5.74, 6) is 0.174. The van der Waals surface area contributed by atoms with Crippen molar-refractivity contribution in [1.29, 1.82) is 0 Å². The van der Waals surface area contributed by atoms with Crippen LogP contribution < -0.4 is 11.1 Å². The summed E-state index contributed by atoms with van der Waals surface area (Å²) in [4.78, 5) is 16.4. The van der Waals surface area contributed by atoms with Crippen LogP contribution in [0.1, 0.15) is 13.1 Å². The van der Waals surface area contributed by atoms with Crippen molar-refractivity contribution in [3.63, 3.8) is 0 Å². The standard InChI is InChI=1S/C17H11Cl2FN6OS.CH4/c18-9-1-7(21)2-10(19)13(9)17-26-14-11(20)4-22-16(15(14)28-17)25-12-3-8(5-27)23-6-24-12;/h1-4,6,27H,5,21H2,(H,22,23,24,25);1H4. The van der Waals surface area contributed by atoms with E-state index in [1.54, 1.807) is 18.2 Å². The van der Waals surface area contributed by atoms with E-state index >= 15 is 0 Å². The minimum atomic E-state index is -0.579. The molecule has 150 valence electrons. The fraction of sp³-hybridized carbons (Fsp3) is 0.111. The number of hydrogen-bond donors (Lipinski definition) is 3. The van der Waals surface area contributed by atoms with Gasteiger partial charge in [0.15, 0.2) is 11.6 Å². The molecule has 0 saturated carbocycles. The first-order valence-corrected chi connectivity index (χ1v) is 9.42. The number of nitrogens with one attached hydrogen (secondary N) is 1. The smallest absolute Gasteiger partial charge is 0.168 e. The summed E-state index contributed by atoms with van der Waals surface area (Å²) in [6.45, 7) is -0.234. The predicted molar refractivity (Wildman–Crippen MR) is 115 cm³/mol. The van der Waals surface area contributed by atoms with Gasteiger partial charge in [0.2, 0.25) is 0 Å². The van der Waals surface area contributed by atoms with Gasteiger partial charge >= 0.3 is 0 Å². The van der Waals surface area contributed by atoms with Crippen LogP contribution in [0.4, 0.5) is 21.7 Å². The molecule has 0 radical (unpaired) electrons. The Hall–Kier alpha value is -2.59. The number of aromatic nitrogens is 4. The Bertz CT molecular complexity index is 1180. The molecule has 0 amide bonds. The summed E-state index contributed by atoms with van der Waals surface area (Å²) in [7, 11) is 0. The van der Waals surface area contributed by atoms with Crippen molar-refractivity contribution in [3.05, 3.63) is 52.3 Å². The van der Waals surface area contributed by atoms with Crippen LogP contribution in [0.15, 0.2) is 30.7 Å². The first-order valence-electron chi connectivity index (χ1n) is 7.85. The van der Waals surface area contributed by atoms with Crippen molar-refractivity contribution in [2.24, 2.45) is 0 Å². The van der Waals surface area contributed by atoms with Crippen molar-refractivity contribution in [2.45, 2.75) is 14.0 Å². The van der Waals surface area contributed by atoms with Crippen LogP contribution in [0, 0.1) is 5.82 Å². The number of aliphatic hydroxyl groups excluding tert-OH is 1. The zero-order valence-corrected chi connectivity index (χ0v) is 16.3. The summed E-state index contributed by atoms with van der Waals surface area (Å²) in [6, 6.07) is 4.67. The van der Waals surface area contributed by atoms with Gasteiger partial charge in [-0.3, -0.25) is 0 Å². The first kappa shape index (κ1) is 21.1. The fourth-order valence-electron chi connectivity index (χ4n) is 2.55. The highest BCUT2D eigenvalue weighted by Crippen LogP contribution is 2.42. The molecule has 3 heterocycles. The quantitative estimate of drug-likeness (QED) is 0.371. The van der Waals surface area contributed by atoms with E-state index in [1.165, 1.54) is 17.7 Å². The molecule has 7 nitrogen and oxygen atoms in total. The number of nitrogen functional groups attached to an aromatic ring is 1. The topological polar surface area (TPSA) is 110 Å². The minimum absolute atomic E-state index is 0. The summed E-state index contributed by atoms with van der Waals surface area (Å²) in [5, 5.41) is 13.3. The average molecular weight is 453 g/mol. The Kier molecular flexibility index (Phi) is 6.13. The Morgan fingerprint density at radius 3 is 2.55 bits per heavy atom. The maximum absolute atomic E-state index is 14.3. The van der Waals surface area contributed by atoms with Crippen molar-refractivity contribution in [3.8, 4) is 10.6 Å². The van der Waals surface area contributed by atoms with E-state index in [2.05, 4.69) is 25.3 Å². The molecular formula is C18H15Cl2FN6OS. The molecule has 0 aliphatic rings. The number of fused-ring (bicyclic) bond motifs is 1. The number of nitrogens with zero attached hydrogens (tertiary/aromatic N) is 4. The number of rotatable bonds is 4. The molecule has 4 rings (SSSR count). The lowest BCUT2D eigenvalue weighted by Crippen LogP contribution is -1.99. The van der Waals surface area contributed by atoms with Gasteiger partial charge in [-0.25, -0.2) is 24.3 Å². The van der Waals surface area contributed by atoms with Gasteiger partial charge in [-0.05, 0) is 12.1 Å². The first-order chi connectivity index (χ1) is 13.5. The van der Waals surface area contributed by atoms with Gasteiger partial charge in [0.05, 0.1) is 28.5 Å². The molecule has 0 aliphatic carbocycles. The lowest BCUT2D eigenvalue weighted by atomic mass is 10.2. The minimum Gasteiger partial charge on any atom is -0.399 e. The van der Waals surface area contributed by atoms with E-state index in [0.29, 0.717) is 48.3 Å². The van der Waals surface area contributed by atoms with Crippen LogP contribution in [0.25, 0.3) is 20.8 Å². The number of nitrogens with two attached hydrogens (primary N) is 1.